The van der Waals surface area contributed by atoms with Gasteiger partial charge in [-0.05, 0) is 31.2 Å². The van der Waals surface area contributed by atoms with E-state index in [1.165, 1.54) is 18.2 Å². The van der Waals surface area contributed by atoms with E-state index in [0.29, 0.717) is 16.5 Å². The largest absolute Gasteiger partial charge is 0.458 e. The average molecular weight is 340 g/mol. The second-order valence-corrected chi connectivity index (χ2v) is 5.98. The molecule has 1 atom stereocenters. The van der Waals surface area contributed by atoms with Crippen molar-refractivity contribution in [1.29, 1.82) is 0 Å². The molecule has 2 heterocycles. The summed E-state index contributed by atoms with van der Waals surface area (Å²) in [7, 11) is 0. The first kappa shape index (κ1) is 15.1. The van der Waals surface area contributed by atoms with Gasteiger partial charge < -0.3 is 14.8 Å². The standard InChI is InChI=1S/C15H11Cl2NO4/c1-7-2-3-12(22-7)11(19)6-15(21)13-9(17)4-8(16)5-10(13)18-14(15)20/h2-5,21H,6H2,1H3,(H,18,20)/t15-/m1/s1. The Morgan fingerprint density at radius 1 is 1.36 bits per heavy atom. The van der Waals surface area contributed by atoms with Crippen LogP contribution < -0.4 is 5.32 Å². The molecule has 2 N–H and O–H groups in total. The number of rotatable bonds is 3. The van der Waals surface area contributed by atoms with Crippen LogP contribution in [0.4, 0.5) is 5.69 Å². The van der Waals surface area contributed by atoms with Crippen molar-refractivity contribution in [1.82, 2.24) is 0 Å². The molecule has 5 nitrogen and oxygen atoms in total. The van der Waals surface area contributed by atoms with Crippen LogP contribution in [0.15, 0.2) is 28.7 Å². The third kappa shape index (κ3) is 2.31. The van der Waals surface area contributed by atoms with Crippen LogP contribution in [0.25, 0.3) is 0 Å². The van der Waals surface area contributed by atoms with Crippen LogP contribution in [0.2, 0.25) is 10.0 Å². The number of hydrogen-bond donors (Lipinski definition) is 2. The Bertz CT molecular complexity index is 799. The van der Waals surface area contributed by atoms with Gasteiger partial charge in [0.2, 0.25) is 5.78 Å². The normalized spacial score (nSPS) is 19.9. The molecule has 7 heteroatoms. The third-order valence-electron chi connectivity index (χ3n) is 3.52. The molecule has 0 aliphatic carbocycles. The van der Waals surface area contributed by atoms with Gasteiger partial charge in [0.15, 0.2) is 11.4 Å². The second-order valence-electron chi connectivity index (χ2n) is 5.13. The van der Waals surface area contributed by atoms with Gasteiger partial charge in [-0.2, -0.15) is 0 Å². The minimum atomic E-state index is -2.05. The van der Waals surface area contributed by atoms with E-state index in [4.69, 9.17) is 27.6 Å². The molecule has 0 bridgehead atoms. The molecule has 1 aliphatic rings. The SMILES string of the molecule is Cc1ccc(C(=O)C[C@]2(O)C(=O)Nc3cc(Cl)cc(Cl)c32)o1. The maximum Gasteiger partial charge on any atom is 0.261 e. The van der Waals surface area contributed by atoms with Crippen molar-refractivity contribution >= 4 is 40.6 Å². The first-order valence-electron chi connectivity index (χ1n) is 6.44. The van der Waals surface area contributed by atoms with Crippen LogP contribution in [0, 0.1) is 6.92 Å². The number of Topliss-reactive ketones (excluding diaryl/α,β-unsaturated/α-hetero) is 1. The van der Waals surface area contributed by atoms with Crippen molar-refractivity contribution in [3.05, 3.63) is 51.4 Å². The summed E-state index contributed by atoms with van der Waals surface area (Å²) < 4.78 is 5.23. The Kier molecular flexibility index (Phi) is 3.51. The van der Waals surface area contributed by atoms with Crippen molar-refractivity contribution in [2.75, 3.05) is 5.32 Å². The summed E-state index contributed by atoms with van der Waals surface area (Å²) in [6.45, 7) is 1.70. The predicted octanol–water partition coefficient (Wildman–Crippen LogP) is 3.31. The summed E-state index contributed by atoms with van der Waals surface area (Å²) in [4.78, 5) is 24.4. The fourth-order valence-electron chi connectivity index (χ4n) is 2.50. The number of halogens is 2. The van der Waals surface area contributed by atoms with E-state index in [9.17, 15) is 14.7 Å². The number of amides is 1. The van der Waals surface area contributed by atoms with E-state index >= 15 is 0 Å². The number of nitrogens with one attached hydrogen (secondary N) is 1. The number of anilines is 1. The molecule has 1 aromatic carbocycles. The Morgan fingerprint density at radius 2 is 2.09 bits per heavy atom. The fraction of sp³-hybridized carbons (Fsp3) is 0.200. The van der Waals surface area contributed by atoms with Crippen LogP contribution >= 0.6 is 23.2 Å². The third-order valence-corrected chi connectivity index (χ3v) is 4.04. The fourth-order valence-corrected chi connectivity index (χ4v) is 3.15. The maximum atomic E-state index is 12.2. The van der Waals surface area contributed by atoms with E-state index in [1.807, 2.05) is 0 Å². The van der Waals surface area contributed by atoms with Crippen LogP contribution in [0.3, 0.4) is 0 Å². The lowest BCUT2D eigenvalue weighted by Gasteiger charge is -2.20. The summed E-state index contributed by atoms with van der Waals surface area (Å²) >= 11 is 12.0. The number of carbonyl (C=O) groups excluding carboxylic acids is 2. The molecular weight excluding hydrogens is 329 g/mol. The number of ketones is 1. The van der Waals surface area contributed by atoms with Gasteiger partial charge in [-0.15, -0.1) is 0 Å². The molecule has 22 heavy (non-hydrogen) atoms. The summed E-state index contributed by atoms with van der Waals surface area (Å²) in [5.74, 6) is -0.568. The Hall–Kier alpha value is -1.82. The van der Waals surface area contributed by atoms with E-state index in [1.54, 1.807) is 13.0 Å². The zero-order valence-corrected chi connectivity index (χ0v) is 13.0. The van der Waals surface area contributed by atoms with Gasteiger partial charge in [-0.1, -0.05) is 23.2 Å². The lowest BCUT2D eigenvalue weighted by Crippen LogP contribution is -2.36. The first-order valence-corrected chi connectivity index (χ1v) is 7.20. The summed E-state index contributed by atoms with van der Waals surface area (Å²) in [5, 5.41) is 13.6. The average Bonchev–Trinajstić information content (AvgIpc) is 2.93. The number of carbonyl (C=O) groups is 2. The predicted molar refractivity (Wildman–Crippen MR) is 81.4 cm³/mol. The highest BCUT2D eigenvalue weighted by molar-refractivity contribution is 6.36. The van der Waals surface area contributed by atoms with E-state index in [-0.39, 0.29) is 16.3 Å². The number of hydrogen-bond acceptors (Lipinski definition) is 4. The van der Waals surface area contributed by atoms with Gasteiger partial charge in [-0.25, -0.2) is 0 Å². The minimum absolute atomic E-state index is 0.0808. The van der Waals surface area contributed by atoms with Crippen LogP contribution in [0.1, 0.15) is 28.3 Å². The van der Waals surface area contributed by atoms with Crippen molar-refractivity contribution < 1.29 is 19.1 Å². The molecule has 0 saturated carbocycles. The smallest absolute Gasteiger partial charge is 0.261 e. The molecule has 0 radical (unpaired) electrons. The van der Waals surface area contributed by atoms with Gasteiger partial charge in [0.05, 0.1) is 17.1 Å². The van der Waals surface area contributed by atoms with Crippen molar-refractivity contribution in [2.45, 2.75) is 18.9 Å². The van der Waals surface area contributed by atoms with Gasteiger partial charge >= 0.3 is 0 Å². The lowest BCUT2D eigenvalue weighted by molar-refractivity contribution is -0.133. The molecule has 2 aromatic rings. The number of furan rings is 1. The number of benzene rings is 1. The van der Waals surface area contributed by atoms with Gasteiger partial charge in [-0.3, -0.25) is 9.59 Å². The number of aliphatic hydroxyl groups is 1. The molecule has 114 valence electrons. The quantitative estimate of drug-likeness (QED) is 0.840. The van der Waals surface area contributed by atoms with Crippen LogP contribution in [-0.4, -0.2) is 16.8 Å². The van der Waals surface area contributed by atoms with Gasteiger partial charge in [0.25, 0.3) is 5.91 Å². The van der Waals surface area contributed by atoms with Crippen molar-refractivity contribution in [2.24, 2.45) is 0 Å². The highest BCUT2D eigenvalue weighted by atomic mass is 35.5. The van der Waals surface area contributed by atoms with Crippen molar-refractivity contribution in [3.8, 4) is 0 Å². The summed E-state index contributed by atoms with van der Waals surface area (Å²) in [6.07, 6.45) is -0.472. The molecule has 3 rings (SSSR count). The zero-order valence-electron chi connectivity index (χ0n) is 11.4. The summed E-state index contributed by atoms with van der Waals surface area (Å²) in [6, 6.07) is 6.01. The van der Waals surface area contributed by atoms with E-state index in [2.05, 4.69) is 5.32 Å². The van der Waals surface area contributed by atoms with Gasteiger partial charge in [0.1, 0.15) is 5.76 Å². The lowest BCUT2D eigenvalue weighted by atomic mass is 9.89. The van der Waals surface area contributed by atoms with Crippen LogP contribution in [-0.2, 0) is 10.4 Å². The van der Waals surface area contributed by atoms with E-state index < -0.39 is 23.7 Å². The molecule has 0 unspecified atom stereocenters. The first-order chi connectivity index (χ1) is 10.3. The molecule has 1 amide bonds. The zero-order chi connectivity index (χ0) is 16.1. The molecule has 0 fully saturated rings. The highest BCUT2D eigenvalue weighted by Crippen LogP contribution is 2.44. The Morgan fingerprint density at radius 3 is 2.73 bits per heavy atom. The topological polar surface area (TPSA) is 79.5 Å². The number of fused-ring (bicyclic) bond motifs is 1. The Balaban J connectivity index is 2.00. The van der Waals surface area contributed by atoms with E-state index in [0.717, 1.165) is 0 Å². The summed E-state index contributed by atoms with van der Waals surface area (Å²) in [5.41, 5.74) is -1.59. The maximum absolute atomic E-state index is 12.2. The molecule has 1 aliphatic heterocycles. The molecular formula is C15H11Cl2NO4. The second kappa shape index (κ2) is 5.12. The Labute approximate surface area is 135 Å². The number of aryl methyl sites for hydroxylation is 1. The van der Waals surface area contributed by atoms with Crippen molar-refractivity contribution in [3.63, 3.8) is 0 Å². The van der Waals surface area contributed by atoms with Crippen LogP contribution in [0.5, 0.6) is 0 Å². The minimum Gasteiger partial charge on any atom is -0.458 e. The molecule has 0 saturated heterocycles. The van der Waals surface area contributed by atoms with Gasteiger partial charge in [0, 0.05) is 10.6 Å². The highest BCUT2D eigenvalue weighted by Gasteiger charge is 2.48. The monoisotopic (exact) mass is 339 g/mol. The molecule has 0 spiro atoms. The molecule has 1 aromatic heterocycles.